The van der Waals surface area contributed by atoms with E-state index in [9.17, 15) is 4.79 Å². The van der Waals surface area contributed by atoms with E-state index in [1.807, 2.05) is 32.0 Å². The second-order valence-electron chi connectivity index (χ2n) is 7.65. The average molecular weight is 463 g/mol. The number of carbonyl (C=O) groups excluding carboxylic acids is 1. The molecule has 0 saturated carbocycles. The van der Waals surface area contributed by atoms with Gasteiger partial charge in [-0.1, -0.05) is 59.8 Å². The molecule has 2 heterocycles. The Balaban J connectivity index is 1.54. The maximum atomic E-state index is 12.6. The van der Waals surface area contributed by atoms with Crippen LogP contribution in [0.5, 0.6) is 0 Å². The highest BCUT2D eigenvalue weighted by Gasteiger charge is 2.20. The highest BCUT2D eigenvalue weighted by atomic mass is 32.2. The molecule has 0 radical (unpaired) electrons. The minimum absolute atomic E-state index is 0.0505. The lowest BCUT2D eigenvalue weighted by Crippen LogP contribution is -2.15. The molecule has 32 heavy (non-hydrogen) atoms. The third kappa shape index (κ3) is 4.64. The molecule has 0 saturated heterocycles. The molecule has 0 bridgehead atoms. The monoisotopic (exact) mass is 462 g/mol. The molecule has 0 aliphatic rings. The van der Waals surface area contributed by atoms with Crippen LogP contribution in [0.3, 0.4) is 0 Å². The number of thiophene rings is 1. The Labute approximate surface area is 196 Å². The maximum absolute atomic E-state index is 12.6. The number of aryl methyl sites for hydroxylation is 3. The zero-order chi connectivity index (χ0) is 22.7. The van der Waals surface area contributed by atoms with Gasteiger partial charge in [0, 0.05) is 33.6 Å². The van der Waals surface area contributed by atoms with Gasteiger partial charge < -0.3 is 9.88 Å². The largest absolute Gasteiger partial charge is 0.325 e. The number of anilines is 1. The molecule has 0 unspecified atom stereocenters. The number of nitrogens with one attached hydrogen (secondary N) is 1. The summed E-state index contributed by atoms with van der Waals surface area (Å²) in [5.41, 5.74) is 6.54. The second-order valence-corrected chi connectivity index (χ2v) is 9.68. The Kier molecular flexibility index (Phi) is 6.77. The van der Waals surface area contributed by atoms with E-state index in [4.69, 9.17) is 0 Å². The Morgan fingerprint density at radius 2 is 1.88 bits per heavy atom. The highest BCUT2D eigenvalue weighted by molar-refractivity contribution is 7.99. The fourth-order valence-electron chi connectivity index (χ4n) is 3.73. The number of amides is 1. The van der Waals surface area contributed by atoms with Crippen molar-refractivity contribution in [2.75, 3.05) is 11.1 Å². The number of benzene rings is 2. The Morgan fingerprint density at radius 3 is 2.59 bits per heavy atom. The number of hydrogen-bond donors (Lipinski definition) is 1. The van der Waals surface area contributed by atoms with E-state index in [0.717, 1.165) is 34.3 Å². The standard InChI is InChI=1S/C25H26N4OS2/c1-5-29-24(20-14-31-18(4)23(20)19-9-7-6-8-10-19)27-28-25(29)32-15-22(30)26-21-12-11-16(2)13-17(21)3/h6-14H,5,15H2,1-4H3,(H,26,30). The third-order valence-electron chi connectivity index (χ3n) is 5.30. The number of nitrogens with zero attached hydrogens (tertiary/aromatic N) is 3. The lowest BCUT2D eigenvalue weighted by Gasteiger charge is -2.10. The molecule has 0 fully saturated rings. The van der Waals surface area contributed by atoms with Crippen LogP contribution in [-0.4, -0.2) is 26.4 Å². The van der Waals surface area contributed by atoms with Crippen LogP contribution in [0.2, 0.25) is 0 Å². The molecular weight excluding hydrogens is 436 g/mol. The molecule has 4 rings (SSSR count). The number of rotatable bonds is 7. The maximum Gasteiger partial charge on any atom is 0.234 e. The third-order valence-corrected chi connectivity index (χ3v) is 7.18. The van der Waals surface area contributed by atoms with Crippen molar-refractivity contribution in [1.82, 2.24) is 14.8 Å². The first-order chi connectivity index (χ1) is 15.5. The van der Waals surface area contributed by atoms with E-state index in [0.29, 0.717) is 0 Å². The van der Waals surface area contributed by atoms with Gasteiger partial charge in [-0.05, 0) is 44.9 Å². The quantitative estimate of drug-likeness (QED) is 0.325. The molecule has 0 spiro atoms. The molecule has 164 valence electrons. The van der Waals surface area contributed by atoms with Gasteiger partial charge in [-0.25, -0.2) is 0 Å². The summed E-state index contributed by atoms with van der Waals surface area (Å²) in [6, 6.07) is 16.4. The summed E-state index contributed by atoms with van der Waals surface area (Å²) in [6.45, 7) is 8.99. The lowest BCUT2D eigenvalue weighted by atomic mass is 10.0. The number of carbonyl (C=O) groups is 1. The van der Waals surface area contributed by atoms with Gasteiger partial charge in [0.05, 0.1) is 5.75 Å². The minimum atomic E-state index is -0.0505. The Morgan fingerprint density at radius 1 is 1.09 bits per heavy atom. The fraction of sp³-hybridized carbons (Fsp3) is 0.240. The number of thioether (sulfide) groups is 1. The number of hydrogen-bond acceptors (Lipinski definition) is 5. The van der Waals surface area contributed by atoms with E-state index in [2.05, 4.69) is 69.6 Å². The van der Waals surface area contributed by atoms with Gasteiger partial charge in [-0.2, -0.15) is 0 Å². The van der Waals surface area contributed by atoms with E-state index in [1.165, 1.54) is 33.3 Å². The molecular formula is C25H26N4OS2. The molecule has 7 heteroatoms. The summed E-state index contributed by atoms with van der Waals surface area (Å²) in [6.07, 6.45) is 0. The fourth-order valence-corrected chi connectivity index (χ4v) is 5.40. The number of aromatic nitrogens is 3. The normalized spacial score (nSPS) is 11.0. The average Bonchev–Trinajstić information content (AvgIpc) is 3.37. The van der Waals surface area contributed by atoms with E-state index in [1.54, 1.807) is 11.3 Å². The zero-order valence-electron chi connectivity index (χ0n) is 18.7. The van der Waals surface area contributed by atoms with Crippen LogP contribution in [-0.2, 0) is 11.3 Å². The van der Waals surface area contributed by atoms with Crippen molar-refractivity contribution < 1.29 is 4.79 Å². The van der Waals surface area contributed by atoms with Crippen molar-refractivity contribution in [1.29, 1.82) is 0 Å². The van der Waals surface area contributed by atoms with Crippen LogP contribution in [0.15, 0.2) is 59.1 Å². The predicted octanol–water partition coefficient (Wildman–Crippen LogP) is 6.35. The van der Waals surface area contributed by atoms with Crippen molar-refractivity contribution in [3.63, 3.8) is 0 Å². The summed E-state index contributed by atoms with van der Waals surface area (Å²) < 4.78 is 2.09. The summed E-state index contributed by atoms with van der Waals surface area (Å²) in [5, 5.41) is 14.8. The van der Waals surface area contributed by atoms with Gasteiger partial charge in [0.25, 0.3) is 0 Å². The molecule has 0 atom stereocenters. The second kappa shape index (κ2) is 9.71. The van der Waals surface area contributed by atoms with Gasteiger partial charge in [0.2, 0.25) is 5.91 Å². The zero-order valence-corrected chi connectivity index (χ0v) is 20.3. The molecule has 2 aromatic heterocycles. The van der Waals surface area contributed by atoms with Gasteiger partial charge in [-0.15, -0.1) is 21.5 Å². The summed E-state index contributed by atoms with van der Waals surface area (Å²) >= 11 is 3.13. The first-order valence-corrected chi connectivity index (χ1v) is 12.4. The van der Waals surface area contributed by atoms with Crippen LogP contribution in [0.1, 0.15) is 22.9 Å². The SMILES string of the molecule is CCn1c(SCC(=O)Nc2ccc(C)cc2C)nnc1-c1csc(C)c1-c1ccccc1. The molecule has 1 N–H and O–H groups in total. The highest BCUT2D eigenvalue weighted by Crippen LogP contribution is 2.39. The van der Waals surface area contributed by atoms with Crippen molar-refractivity contribution in [3.8, 4) is 22.5 Å². The summed E-state index contributed by atoms with van der Waals surface area (Å²) in [5.74, 6) is 1.07. The lowest BCUT2D eigenvalue weighted by molar-refractivity contribution is -0.113. The summed E-state index contributed by atoms with van der Waals surface area (Å²) in [7, 11) is 0. The van der Waals surface area contributed by atoms with E-state index >= 15 is 0 Å². The molecule has 5 nitrogen and oxygen atoms in total. The Bertz CT molecular complexity index is 1240. The van der Waals surface area contributed by atoms with Gasteiger partial charge in [-0.3, -0.25) is 4.79 Å². The van der Waals surface area contributed by atoms with Crippen molar-refractivity contribution in [3.05, 3.63) is 69.9 Å². The van der Waals surface area contributed by atoms with Crippen LogP contribution in [0, 0.1) is 20.8 Å². The van der Waals surface area contributed by atoms with Crippen molar-refractivity contribution in [2.45, 2.75) is 39.4 Å². The van der Waals surface area contributed by atoms with Crippen molar-refractivity contribution >= 4 is 34.7 Å². The van der Waals surface area contributed by atoms with Crippen LogP contribution in [0.25, 0.3) is 22.5 Å². The first-order valence-electron chi connectivity index (χ1n) is 10.5. The van der Waals surface area contributed by atoms with E-state index < -0.39 is 0 Å². The predicted molar refractivity (Wildman–Crippen MR) is 134 cm³/mol. The molecule has 0 aliphatic carbocycles. The molecule has 0 aliphatic heterocycles. The molecule has 2 aromatic carbocycles. The Hall–Kier alpha value is -2.90. The van der Waals surface area contributed by atoms with Crippen molar-refractivity contribution in [2.24, 2.45) is 0 Å². The first kappa shape index (κ1) is 22.3. The van der Waals surface area contributed by atoms with E-state index in [-0.39, 0.29) is 11.7 Å². The molecule has 1 amide bonds. The van der Waals surface area contributed by atoms with Crippen LogP contribution < -0.4 is 5.32 Å². The minimum Gasteiger partial charge on any atom is -0.325 e. The van der Waals surface area contributed by atoms with Gasteiger partial charge >= 0.3 is 0 Å². The summed E-state index contributed by atoms with van der Waals surface area (Å²) in [4.78, 5) is 13.8. The van der Waals surface area contributed by atoms with Gasteiger partial charge in [0.1, 0.15) is 0 Å². The van der Waals surface area contributed by atoms with Crippen LogP contribution in [0.4, 0.5) is 5.69 Å². The topological polar surface area (TPSA) is 59.8 Å². The van der Waals surface area contributed by atoms with Crippen LogP contribution >= 0.6 is 23.1 Å². The smallest absolute Gasteiger partial charge is 0.234 e. The molecule has 4 aromatic rings. The van der Waals surface area contributed by atoms with Gasteiger partial charge in [0.15, 0.2) is 11.0 Å².